The molecule has 1 N–H and O–H groups in total. The third kappa shape index (κ3) is 7.27. The van der Waals surface area contributed by atoms with Crippen molar-refractivity contribution in [1.82, 2.24) is 9.21 Å². The molecule has 5 nitrogen and oxygen atoms in total. The maximum atomic E-state index is 13.0. The average molecular weight is 493 g/mol. The van der Waals surface area contributed by atoms with Gasteiger partial charge in [-0.05, 0) is 99.8 Å². The van der Waals surface area contributed by atoms with Crippen LogP contribution >= 0.6 is 11.6 Å². The van der Waals surface area contributed by atoms with Gasteiger partial charge in [0.15, 0.2) is 0 Å². The fourth-order valence-corrected chi connectivity index (χ4v) is 6.24. The van der Waals surface area contributed by atoms with Gasteiger partial charge < -0.3 is 10.0 Å². The number of nitrogens with zero attached hydrogens (tertiary/aromatic N) is 2. The lowest BCUT2D eigenvalue weighted by Gasteiger charge is -2.34. The zero-order valence-corrected chi connectivity index (χ0v) is 21.4. The maximum Gasteiger partial charge on any atom is 0.243 e. The van der Waals surface area contributed by atoms with E-state index in [0.29, 0.717) is 15.8 Å². The number of aliphatic hydroxyl groups excluding tert-OH is 1. The number of halogens is 1. The number of benzene rings is 2. The molecular weight excluding hydrogens is 456 g/mol. The highest BCUT2D eigenvalue weighted by molar-refractivity contribution is 7.89. The first-order valence-corrected chi connectivity index (χ1v) is 13.7. The molecule has 0 unspecified atom stereocenters. The normalized spacial score (nSPS) is 19.3. The first-order valence-electron chi connectivity index (χ1n) is 11.9. The van der Waals surface area contributed by atoms with Gasteiger partial charge in [0.05, 0.1) is 4.90 Å². The Morgan fingerprint density at radius 1 is 0.909 bits per heavy atom. The summed E-state index contributed by atoms with van der Waals surface area (Å²) in [5.74, 6) is 0.484. The van der Waals surface area contributed by atoms with Gasteiger partial charge in [-0.2, -0.15) is 4.31 Å². The largest absolute Gasteiger partial charge is 0.396 e. The smallest absolute Gasteiger partial charge is 0.243 e. The van der Waals surface area contributed by atoms with Gasteiger partial charge in [0.2, 0.25) is 10.0 Å². The molecular formula is C26H37ClN2O3S. The predicted molar refractivity (Wildman–Crippen MR) is 135 cm³/mol. The Morgan fingerprint density at radius 3 is 2.15 bits per heavy atom. The summed E-state index contributed by atoms with van der Waals surface area (Å²) in [4.78, 5) is 2.62. The molecule has 1 fully saturated rings. The van der Waals surface area contributed by atoms with E-state index in [4.69, 9.17) is 16.7 Å². The van der Waals surface area contributed by atoms with Crippen molar-refractivity contribution in [3.05, 3.63) is 64.7 Å². The molecule has 0 aliphatic heterocycles. The Bertz CT molecular complexity index is 956. The van der Waals surface area contributed by atoms with Crippen LogP contribution in [0.3, 0.4) is 0 Å². The van der Waals surface area contributed by atoms with Gasteiger partial charge in [0.1, 0.15) is 0 Å². The Balaban J connectivity index is 1.50. The zero-order chi connectivity index (χ0) is 23.8. The van der Waals surface area contributed by atoms with E-state index in [1.54, 1.807) is 35.6 Å². The van der Waals surface area contributed by atoms with Crippen molar-refractivity contribution < 1.29 is 13.5 Å². The monoisotopic (exact) mass is 492 g/mol. The Morgan fingerprint density at radius 2 is 1.55 bits per heavy atom. The number of aliphatic hydroxyl groups is 1. The van der Waals surface area contributed by atoms with Crippen LogP contribution in [-0.4, -0.2) is 56.0 Å². The molecule has 0 bridgehead atoms. The molecule has 0 heterocycles. The molecule has 0 spiro atoms. The second kappa shape index (κ2) is 12.3. The SMILES string of the molecule is CN(CCCCCO)Cc1ccc(C2CCC(N(C)S(=O)(=O)c3ccc(Cl)cc3)CC2)cc1. The molecule has 0 saturated heterocycles. The number of hydrogen-bond acceptors (Lipinski definition) is 4. The third-order valence-electron chi connectivity index (χ3n) is 6.80. The van der Waals surface area contributed by atoms with Crippen LogP contribution in [0.5, 0.6) is 0 Å². The average Bonchev–Trinajstić information content (AvgIpc) is 2.82. The van der Waals surface area contributed by atoms with E-state index in [1.165, 1.54) is 11.1 Å². The second-order valence-electron chi connectivity index (χ2n) is 9.24. The lowest BCUT2D eigenvalue weighted by molar-refractivity contribution is 0.268. The summed E-state index contributed by atoms with van der Waals surface area (Å²) >= 11 is 5.91. The van der Waals surface area contributed by atoms with Crippen LogP contribution in [0.15, 0.2) is 53.4 Å². The van der Waals surface area contributed by atoms with E-state index in [0.717, 1.165) is 58.0 Å². The van der Waals surface area contributed by atoms with Crippen molar-refractivity contribution in [2.45, 2.75) is 68.3 Å². The lowest BCUT2D eigenvalue weighted by atomic mass is 9.81. The van der Waals surface area contributed by atoms with E-state index in [1.807, 2.05) is 0 Å². The first-order chi connectivity index (χ1) is 15.8. The van der Waals surface area contributed by atoms with E-state index in [9.17, 15) is 8.42 Å². The molecule has 0 aromatic heterocycles. The third-order valence-corrected chi connectivity index (χ3v) is 8.98. The highest BCUT2D eigenvalue weighted by Crippen LogP contribution is 2.36. The van der Waals surface area contributed by atoms with Crippen LogP contribution in [0.25, 0.3) is 0 Å². The minimum absolute atomic E-state index is 0.0284. The summed E-state index contributed by atoms with van der Waals surface area (Å²) in [7, 11) is 0.333. The standard InChI is InChI=1S/C26H37ClN2O3S/c1-28(18-4-3-5-19-30)20-21-6-8-22(9-7-21)23-10-14-25(15-11-23)29(2)33(31,32)26-16-12-24(27)13-17-26/h6-9,12-13,16-17,23,25,30H,3-5,10-11,14-15,18-20H2,1-2H3. The molecule has 0 atom stereocenters. The fraction of sp³-hybridized carbons (Fsp3) is 0.538. The number of sulfonamides is 1. The molecule has 0 amide bonds. The first kappa shape index (κ1) is 26.2. The Labute approximate surface area is 204 Å². The molecule has 1 saturated carbocycles. The number of hydrogen-bond donors (Lipinski definition) is 1. The quantitative estimate of drug-likeness (QED) is 0.433. The Hall–Kier alpha value is -1.44. The van der Waals surface area contributed by atoms with E-state index in [2.05, 4.69) is 36.2 Å². The van der Waals surface area contributed by atoms with Gasteiger partial charge in [-0.1, -0.05) is 35.9 Å². The van der Waals surface area contributed by atoms with Crippen LogP contribution in [0.1, 0.15) is 62.0 Å². The molecule has 1 aliphatic rings. The summed E-state index contributed by atoms with van der Waals surface area (Å²) in [5.41, 5.74) is 2.66. The van der Waals surface area contributed by atoms with Gasteiger partial charge in [0, 0.05) is 31.3 Å². The molecule has 33 heavy (non-hydrogen) atoms. The van der Waals surface area contributed by atoms with Gasteiger partial charge in [-0.15, -0.1) is 0 Å². The highest BCUT2D eigenvalue weighted by Gasteiger charge is 2.31. The summed E-state index contributed by atoms with van der Waals surface area (Å²) in [5, 5.41) is 9.42. The van der Waals surface area contributed by atoms with E-state index in [-0.39, 0.29) is 12.6 Å². The van der Waals surface area contributed by atoms with Crippen molar-refractivity contribution in [1.29, 1.82) is 0 Å². The Kier molecular flexibility index (Phi) is 9.77. The van der Waals surface area contributed by atoms with Crippen molar-refractivity contribution >= 4 is 21.6 Å². The highest BCUT2D eigenvalue weighted by atomic mass is 35.5. The lowest BCUT2D eigenvalue weighted by Crippen LogP contribution is -2.39. The molecule has 7 heteroatoms. The molecule has 0 radical (unpaired) electrons. The minimum atomic E-state index is -3.51. The topological polar surface area (TPSA) is 60.9 Å². The second-order valence-corrected chi connectivity index (χ2v) is 11.7. The number of unbranched alkanes of at least 4 members (excludes halogenated alkanes) is 2. The van der Waals surface area contributed by atoms with E-state index >= 15 is 0 Å². The zero-order valence-electron chi connectivity index (χ0n) is 19.8. The van der Waals surface area contributed by atoms with Crippen molar-refractivity contribution in [3.8, 4) is 0 Å². The van der Waals surface area contributed by atoms with Gasteiger partial charge in [-0.3, -0.25) is 0 Å². The van der Waals surface area contributed by atoms with Gasteiger partial charge in [0.25, 0.3) is 0 Å². The number of rotatable bonds is 11. The van der Waals surface area contributed by atoms with Crippen molar-refractivity contribution in [2.24, 2.45) is 0 Å². The van der Waals surface area contributed by atoms with Crippen LogP contribution < -0.4 is 0 Å². The molecule has 3 rings (SSSR count). The predicted octanol–water partition coefficient (Wildman–Crippen LogP) is 5.28. The fourth-order valence-electron chi connectivity index (χ4n) is 4.70. The molecule has 2 aromatic carbocycles. The van der Waals surface area contributed by atoms with Crippen LogP contribution in [0.2, 0.25) is 5.02 Å². The summed E-state index contributed by atoms with van der Waals surface area (Å²) < 4.78 is 27.5. The maximum absolute atomic E-state index is 13.0. The molecule has 2 aromatic rings. The van der Waals surface area contributed by atoms with Gasteiger partial charge in [-0.25, -0.2) is 8.42 Å². The van der Waals surface area contributed by atoms with Crippen LogP contribution in [0, 0.1) is 0 Å². The van der Waals surface area contributed by atoms with Crippen molar-refractivity contribution in [2.75, 3.05) is 27.2 Å². The summed E-state index contributed by atoms with van der Waals surface area (Å²) in [6.45, 7) is 2.25. The van der Waals surface area contributed by atoms with Crippen molar-refractivity contribution in [3.63, 3.8) is 0 Å². The van der Waals surface area contributed by atoms with Gasteiger partial charge >= 0.3 is 0 Å². The van der Waals surface area contributed by atoms with E-state index < -0.39 is 10.0 Å². The summed E-state index contributed by atoms with van der Waals surface area (Å²) in [6.07, 6.45) is 6.79. The van der Waals surface area contributed by atoms with Crippen LogP contribution in [0.4, 0.5) is 0 Å². The molecule has 1 aliphatic carbocycles. The van der Waals surface area contributed by atoms with Crippen LogP contribution in [-0.2, 0) is 16.6 Å². The summed E-state index contributed by atoms with van der Waals surface area (Å²) in [6, 6.07) is 15.4. The molecule has 182 valence electrons. The minimum Gasteiger partial charge on any atom is -0.396 e.